The fraction of sp³-hybridized carbons (Fsp3) is 0.409. The van der Waals surface area contributed by atoms with Crippen molar-refractivity contribution < 1.29 is 48.9 Å². The molecule has 10 N–H and O–H groups in total. The van der Waals surface area contributed by atoms with Gasteiger partial charge in [-0.2, -0.15) is 0 Å². The molecule has 0 fully saturated rings. The van der Waals surface area contributed by atoms with Crippen molar-refractivity contribution >= 4 is 41.5 Å². The Bertz CT molecular complexity index is 1020. The Labute approximate surface area is 210 Å². The number of primary amides is 1. The predicted octanol–water partition coefficient (Wildman–Crippen LogP) is -2.69. The van der Waals surface area contributed by atoms with Gasteiger partial charge >= 0.3 is 17.9 Å². The second-order valence-electron chi connectivity index (χ2n) is 8.02. The van der Waals surface area contributed by atoms with Gasteiger partial charge in [-0.05, 0) is 12.0 Å². The molecule has 0 saturated carbocycles. The second kappa shape index (κ2) is 14.8. The molecule has 202 valence electrons. The van der Waals surface area contributed by atoms with E-state index in [1.54, 1.807) is 30.3 Å². The van der Waals surface area contributed by atoms with Gasteiger partial charge < -0.3 is 42.7 Å². The maximum absolute atomic E-state index is 12.7. The van der Waals surface area contributed by atoms with Crippen molar-refractivity contribution in [1.29, 1.82) is 0 Å². The maximum Gasteiger partial charge on any atom is 0.326 e. The number of benzene rings is 1. The van der Waals surface area contributed by atoms with Gasteiger partial charge in [0.2, 0.25) is 23.6 Å². The van der Waals surface area contributed by atoms with E-state index in [0.29, 0.717) is 5.56 Å². The third-order valence-corrected chi connectivity index (χ3v) is 4.96. The zero-order valence-electron chi connectivity index (χ0n) is 19.6. The lowest BCUT2D eigenvalue weighted by Crippen LogP contribution is -2.58. The van der Waals surface area contributed by atoms with Crippen LogP contribution in [0.4, 0.5) is 0 Å². The lowest BCUT2D eigenvalue weighted by molar-refractivity contribution is -0.145. The lowest BCUT2D eigenvalue weighted by atomic mass is 10.0. The van der Waals surface area contributed by atoms with E-state index >= 15 is 0 Å². The minimum absolute atomic E-state index is 0.142. The van der Waals surface area contributed by atoms with Crippen LogP contribution in [0.25, 0.3) is 0 Å². The molecule has 1 aromatic rings. The summed E-state index contributed by atoms with van der Waals surface area (Å²) in [5.41, 5.74) is 11.2. The van der Waals surface area contributed by atoms with Crippen LogP contribution in [-0.4, -0.2) is 81.0 Å². The van der Waals surface area contributed by atoms with Crippen LogP contribution in [0.2, 0.25) is 0 Å². The van der Waals surface area contributed by atoms with E-state index in [4.69, 9.17) is 21.7 Å². The molecule has 4 unspecified atom stereocenters. The van der Waals surface area contributed by atoms with E-state index in [1.165, 1.54) is 0 Å². The van der Waals surface area contributed by atoms with Crippen molar-refractivity contribution in [2.45, 2.75) is 56.3 Å². The van der Waals surface area contributed by atoms with Crippen molar-refractivity contribution in [3.63, 3.8) is 0 Å². The monoisotopic (exact) mass is 523 g/mol. The van der Waals surface area contributed by atoms with Crippen LogP contribution in [0.3, 0.4) is 0 Å². The molecule has 4 amide bonds. The average molecular weight is 523 g/mol. The highest BCUT2D eigenvalue weighted by molar-refractivity contribution is 5.97. The summed E-state index contributed by atoms with van der Waals surface area (Å²) in [6.07, 6.45) is -2.51. The van der Waals surface area contributed by atoms with Crippen LogP contribution in [0, 0.1) is 0 Å². The van der Waals surface area contributed by atoms with E-state index in [0.717, 1.165) is 0 Å². The average Bonchev–Trinajstić information content (AvgIpc) is 2.80. The van der Waals surface area contributed by atoms with Crippen LogP contribution >= 0.6 is 0 Å². The Balaban J connectivity index is 3.00. The molecule has 0 aliphatic carbocycles. The number of carboxylic acid groups (broad SMARTS) is 3. The SMILES string of the molecule is NC(=O)CCC(N)C(=O)NC(CC(=O)O)C(=O)NC(CC(=O)O)C(=O)NC(Cc1ccccc1)C(=O)O. The Morgan fingerprint density at radius 2 is 1.19 bits per heavy atom. The summed E-state index contributed by atoms with van der Waals surface area (Å²) in [5.74, 6) is -8.57. The number of hydrogen-bond donors (Lipinski definition) is 8. The molecule has 4 atom stereocenters. The van der Waals surface area contributed by atoms with Gasteiger partial charge in [-0.15, -0.1) is 0 Å². The van der Waals surface area contributed by atoms with Crippen LogP contribution in [0.5, 0.6) is 0 Å². The first kappa shape index (κ1) is 30.5. The number of carboxylic acids is 3. The summed E-state index contributed by atoms with van der Waals surface area (Å²) >= 11 is 0. The number of rotatable bonds is 16. The zero-order chi connectivity index (χ0) is 28.1. The molecule has 0 aromatic heterocycles. The lowest BCUT2D eigenvalue weighted by Gasteiger charge is -2.24. The summed E-state index contributed by atoms with van der Waals surface area (Å²) in [6, 6.07) is 1.88. The molecule has 0 saturated heterocycles. The molecule has 0 spiro atoms. The number of carbonyl (C=O) groups is 7. The molecule has 37 heavy (non-hydrogen) atoms. The van der Waals surface area contributed by atoms with Crippen LogP contribution in [0.15, 0.2) is 30.3 Å². The summed E-state index contributed by atoms with van der Waals surface area (Å²) in [4.78, 5) is 82.7. The maximum atomic E-state index is 12.7. The smallest absolute Gasteiger partial charge is 0.326 e. The minimum Gasteiger partial charge on any atom is -0.481 e. The Morgan fingerprint density at radius 3 is 1.62 bits per heavy atom. The first-order valence-electron chi connectivity index (χ1n) is 11.0. The van der Waals surface area contributed by atoms with E-state index < -0.39 is 78.5 Å². The van der Waals surface area contributed by atoms with Gasteiger partial charge in [0, 0.05) is 12.8 Å². The summed E-state index contributed by atoms with van der Waals surface area (Å²) < 4.78 is 0. The van der Waals surface area contributed by atoms with Gasteiger partial charge in [-0.25, -0.2) is 4.79 Å². The zero-order valence-corrected chi connectivity index (χ0v) is 19.6. The van der Waals surface area contributed by atoms with Gasteiger partial charge in [-0.1, -0.05) is 30.3 Å². The molecular formula is C22H29N5O10. The quantitative estimate of drug-likeness (QED) is 0.110. The minimum atomic E-state index is -1.81. The normalized spacial score (nSPS) is 13.8. The molecule has 0 bridgehead atoms. The molecule has 15 heteroatoms. The number of aliphatic carboxylic acids is 3. The Morgan fingerprint density at radius 1 is 0.730 bits per heavy atom. The van der Waals surface area contributed by atoms with Crippen LogP contribution in [0.1, 0.15) is 31.2 Å². The van der Waals surface area contributed by atoms with E-state index in [1.807, 2.05) is 5.32 Å². The fourth-order valence-electron chi connectivity index (χ4n) is 3.07. The molecule has 15 nitrogen and oxygen atoms in total. The molecule has 0 radical (unpaired) electrons. The van der Waals surface area contributed by atoms with E-state index in [2.05, 4.69) is 10.6 Å². The van der Waals surface area contributed by atoms with Crippen LogP contribution < -0.4 is 27.4 Å². The first-order chi connectivity index (χ1) is 17.3. The number of amides is 4. The van der Waals surface area contributed by atoms with Crippen molar-refractivity contribution in [3.05, 3.63) is 35.9 Å². The number of nitrogens with one attached hydrogen (secondary N) is 3. The first-order valence-corrected chi connectivity index (χ1v) is 11.0. The van der Waals surface area contributed by atoms with Gasteiger partial charge in [0.1, 0.15) is 18.1 Å². The van der Waals surface area contributed by atoms with Crippen molar-refractivity contribution in [2.24, 2.45) is 11.5 Å². The van der Waals surface area contributed by atoms with Gasteiger partial charge in [0.15, 0.2) is 0 Å². The number of nitrogens with two attached hydrogens (primary N) is 2. The van der Waals surface area contributed by atoms with Crippen molar-refractivity contribution in [1.82, 2.24) is 16.0 Å². The molecule has 1 aromatic carbocycles. The Hall–Kier alpha value is -4.53. The topological polar surface area (TPSA) is 268 Å². The highest BCUT2D eigenvalue weighted by atomic mass is 16.4. The molecule has 1 rings (SSSR count). The standard InChI is InChI=1S/C22H29N5O10/c23-12(6-7-16(24)28)19(33)25-13(9-17(29)30)20(34)26-14(10-18(31)32)21(35)27-15(22(36)37)8-11-4-2-1-3-5-11/h1-5,12-15H,6-10,23H2,(H2,24,28)(H,25,33)(H,26,34)(H,27,35)(H,29,30)(H,31,32)(H,36,37). The van der Waals surface area contributed by atoms with E-state index in [9.17, 15) is 38.7 Å². The summed E-state index contributed by atoms with van der Waals surface area (Å²) in [6.45, 7) is 0. The summed E-state index contributed by atoms with van der Waals surface area (Å²) in [7, 11) is 0. The van der Waals surface area contributed by atoms with Crippen molar-refractivity contribution in [3.8, 4) is 0 Å². The van der Waals surface area contributed by atoms with Crippen molar-refractivity contribution in [2.75, 3.05) is 0 Å². The van der Waals surface area contributed by atoms with Gasteiger partial charge in [0.25, 0.3) is 0 Å². The van der Waals surface area contributed by atoms with E-state index in [-0.39, 0.29) is 19.3 Å². The fourth-order valence-corrected chi connectivity index (χ4v) is 3.07. The van der Waals surface area contributed by atoms with Gasteiger partial charge in [0.05, 0.1) is 18.9 Å². The summed E-state index contributed by atoms with van der Waals surface area (Å²) in [5, 5.41) is 34.0. The predicted molar refractivity (Wildman–Crippen MR) is 124 cm³/mol. The second-order valence-corrected chi connectivity index (χ2v) is 8.02. The third-order valence-electron chi connectivity index (χ3n) is 4.96. The number of hydrogen-bond acceptors (Lipinski definition) is 8. The third kappa shape index (κ3) is 11.6. The highest BCUT2D eigenvalue weighted by Gasteiger charge is 2.32. The van der Waals surface area contributed by atoms with Gasteiger partial charge in [-0.3, -0.25) is 28.8 Å². The largest absolute Gasteiger partial charge is 0.481 e. The molecule has 0 aliphatic heterocycles. The molecular weight excluding hydrogens is 494 g/mol. The van der Waals surface area contributed by atoms with Crippen LogP contribution in [-0.2, 0) is 40.0 Å². The number of carbonyl (C=O) groups excluding carboxylic acids is 4. The highest BCUT2D eigenvalue weighted by Crippen LogP contribution is 2.06. The molecule has 0 heterocycles. The Kier molecular flexibility index (Phi) is 12.2. The molecule has 0 aliphatic rings.